The lowest BCUT2D eigenvalue weighted by Gasteiger charge is -2.13. The van der Waals surface area contributed by atoms with E-state index < -0.39 is 11.8 Å². The van der Waals surface area contributed by atoms with Gasteiger partial charge in [0, 0.05) is 5.56 Å². The summed E-state index contributed by atoms with van der Waals surface area (Å²) in [5, 5.41) is 0. The Bertz CT molecular complexity index is 803. The van der Waals surface area contributed by atoms with Crippen LogP contribution in [0.5, 0.6) is 17.2 Å². The molecule has 0 fully saturated rings. The van der Waals surface area contributed by atoms with Gasteiger partial charge < -0.3 is 14.2 Å². The van der Waals surface area contributed by atoms with Crippen molar-refractivity contribution < 1.29 is 23.8 Å². The van der Waals surface area contributed by atoms with Crippen LogP contribution in [0.25, 0.3) is 0 Å². The van der Waals surface area contributed by atoms with Crippen molar-refractivity contribution in [2.75, 3.05) is 20.8 Å². The van der Waals surface area contributed by atoms with Gasteiger partial charge in [0.15, 0.2) is 11.5 Å². The Morgan fingerprint density at radius 3 is 2.21 bits per heavy atom. The summed E-state index contributed by atoms with van der Waals surface area (Å²) in [7, 11) is 2.93. The van der Waals surface area contributed by atoms with Crippen molar-refractivity contribution in [1.82, 2.24) is 10.9 Å². The Kier molecular flexibility index (Phi) is 7.68. The fourth-order valence-electron chi connectivity index (χ4n) is 2.43. The molecule has 0 spiro atoms. The zero-order chi connectivity index (χ0) is 20.5. The van der Waals surface area contributed by atoms with E-state index in [1.165, 1.54) is 14.2 Å². The van der Waals surface area contributed by atoms with E-state index in [-0.39, 0.29) is 5.56 Å². The number of nitrogens with one attached hydrogen (secondary N) is 2. The molecule has 0 aliphatic carbocycles. The van der Waals surface area contributed by atoms with E-state index >= 15 is 0 Å². The summed E-state index contributed by atoms with van der Waals surface area (Å²) in [6.45, 7) is 4.89. The number of ether oxygens (including phenoxy) is 3. The number of hydrogen-bond acceptors (Lipinski definition) is 5. The topological polar surface area (TPSA) is 85.9 Å². The number of benzene rings is 2. The van der Waals surface area contributed by atoms with Gasteiger partial charge in [0.25, 0.3) is 11.8 Å². The SMILES string of the molecule is COc1cccc(C(=O)NNC(=O)c2ccc(OCCC(C)C)cc2)c1OC. The summed E-state index contributed by atoms with van der Waals surface area (Å²) in [6, 6.07) is 11.6. The summed E-state index contributed by atoms with van der Waals surface area (Å²) in [4.78, 5) is 24.6. The van der Waals surface area contributed by atoms with Crippen LogP contribution < -0.4 is 25.1 Å². The summed E-state index contributed by atoms with van der Waals surface area (Å²) in [5.74, 6) is 1.02. The molecule has 2 amide bonds. The van der Waals surface area contributed by atoms with Crippen LogP contribution in [0.2, 0.25) is 0 Å². The lowest BCUT2D eigenvalue weighted by Crippen LogP contribution is -2.41. The van der Waals surface area contributed by atoms with Crippen LogP contribution in [0.15, 0.2) is 42.5 Å². The summed E-state index contributed by atoms with van der Waals surface area (Å²) in [6.07, 6.45) is 0.960. The molecule has 0 radical (unpaired) electrons. The van der Waals surface area contributed by atoms with Crippen molar-refractivity contribution in [3.63, 3.8) is 0 Å². The third-order valence-electron chi connectivity index (χ3n) is 4.02. The summed E-state index contributed by atoms with van der Waals surface area (Å²) < 4.78 is 16.0. The lowest BCUT2D eigenvalue weighted by atomic mass is 10.1. The standard InChI is InChI=1S/C21H26N2O5/c1-14(2)12-13-28-16-10-8-15(9-11-16)20(24)22-23-21(25)17-6-5-7-18(26-3)19(17)27-4/h5-11,14H,12-13H2,1-4H3,(H,22,24)(H,23,25). The normalized spacial score (nSPS) is 10.3. The molecular formula is C21H26N2O5. The predicted octanol–water partition coefficient (Wildman–Crippen LogP) is 3.20. The first-order valence-electron chi connectivity index (χ1n) is 9.00. The Morgan fingerprint density at radius 1 is 0.929 bits per heavy atom. The molecule has 0 aromatic heterocycles. The molecule has 2 aromatic rings. The van der Waals surface area contributed by atoms with Crippen LogP contribution in [-0.4, -0.2) is 32.6 Å². The summed E-state index contributed by atoms with van der Waals surface area (Å²) >= 11 is 0. The van der Waals surface area contributed by atoms with E-state index in [9.17, 15) is 9.59 Å². The molecular weight excluding hydrogens is 360 g/mol. The van der Waals surface area contributed by atoms with E-state index in [2.05, 4.69) is 24.7 Å². The number of hydrazine groups is 1. The van der Waals surface area contributed by atoms with Gasteiger partial charge in [-0.3, -0.25) is 20.4 Å². The van der Waals surface area contributed by atoms with Crippen LogP contribution in [-0.2, 0) is 0 Å². The molecule has 7 heteroatoms. The van der Waals surface area contributed by atoms with Gasteiger partial charge in [0.05, 0.1) is 26.4 Å². The minimum atomic E-state index is -0.516. The first kappa shape index (κ1) is 21.1. The second-order valence-electron chi connectivity index (χ2n) is 6.50. The van der Waals surface area contributed by atoms with E-state index in [4.69, 9.17) is 14.2 Å². The number of hydrogen-bond donors (Lipinski definition) is 2. The fraction of sp³-hybridized carbons (Fsp3) is 0.333. The molecule has 28 heavy (non-hydrogen) atoms. The molecule has 2 rings (SSSR count). The second kappa shape index (κ2) is 10.2. The van der Waals surface area contributed by atoms with Gasteiger partial charge in [0.2, 0.25) is 0 Å². The molecule has 2 aromatic carbocycles. The summed E-state index contributed by atoms with van der Waals surface area (Å²) in [5.41, 5.74) is 5.41. The maximum Gasteiger partial charge on any atom is 0.273 e. The number of rotatable bonds is 8. The fourth-order valence-corrected chi connectivity index (χ4v) is 2.43. The largest absolute Gasteiger partial charge is 0.494 e. The van der Waals surface area contributed by atoms with E-state index in [1.54, 1.807) is 42.5 Å². The number of amides is 2. The van der Waals surface area contributed by atoms with Gasteiger partial charge in [-0.15, -0.1) is 0 Å². The first-order valence-corrected chi connectivity index (χ1v) is 9.00. The van der Waals surface area contributed by atoms with E-state index in [0.29, 0.717) is 35.3 Å². The van der Waals surface area contributed by atoms with Crippen LogP contribution in [0, 0.1) is 5.92 Å². The molecule has 150 valence electrons. The molecule has 2 N–H and O–H groups in total. The van der Waals surface area contributed by atoms with Gasteiger partial charge in [-0.05, 0) is 48.7 Å². The highest BCUT2D eigenvalue weighted by atomic mass is 16.5. The molecule has 0 atom stereocenters. The number of carbonyl (C=O) groups excluding carboxylic acids is 2. The maximum absolute atomic E-state index is 12.4. The van der Waals surface area contributed by atoms with Crippen LogP contribution >= 0.6 is 0 Å². The molecule has 0 aliphatic heterocycles. The minimum Gasteiger partial charge on any atom is -0.494 e. The lowest BCUT2D eigenvalue weighted by molar-refractivity contribution is 0.0844. The monoisotopic (exact) mass is 386 g/mol. The van der Waals surface area contributed by atoms with Gasteiger partial charge in [-0.1, -0.05) is 19.9 Å². The third kappa shape index (κ3) is 5.64. The van der Waals surface area contributed by atoms with Crippen molar-refractivity contribution in [1.29, 1.82) is 0 Å². The average molecular weight is 386 g/mol. The molecule has 0 saturated carbocycles. The van der Waals surface area contributed by atoms with E-state index in [0.717, 1.165) is 6.42 Å². The van der Waals surface area contributed by atoms with Crippen LogP contribution in [0.3, 0.4) is 0 Å². The van der Waals surface area contributed by atoms with Gasteiger partial charge in [0.1, 0.15) is 5.75 Å². The van der Waals surface area contributed by atoms with Crippen molar-refractivity contribution in [2.45, 2.75) is 20.3 Å². The predicted molar refractivity (Wildman–Crippen MR) is 106 cm³/mol. The van der Waals surface area contributed by atoms with Crippen molar-refractivity contribution >= 4 is 11.8 Å². The quantitative estimate of drug-likeness (QED) is 0.681. The van der Waals surface area contributed by atoms with E-state index in [1.807, 2.05) is 0 Å². The molecule has 7 nitrogen and oxygen atoms in total. The number of carbonyl (C=O) groups is 2. The zero-order valence-corrected chi connectivity index (χ0v) is 16.6. The third-order valence-corrected chi connectivity index (χ3v) is 4.02. The highest BCUT2D eigenvalue weighted by Crippen LogP contribution is 2.30. The van der Waals surface area contributed by atoms with Crippen LogP contribution in [0.1, 0.15) is 41.0 Å². The molecule has 0 aliphatic rings. The number of methoxy groups -OCH3 is 2. The smallest absolute Gasteiger partial charge is 0.273 e. The average Bonchev–Trinajstić information content (AvgIpc) is 2.71. The Balaban J connectivity index is 1.94. The van der Waals surface area contributed by atoms with Gasteiger partial charge in [-0.2, -0.15) is 0 Å². The van der Waals surface area contributed by atoms with Crippen molar-refractivity contribution in [2.24, 2.45) is 5.92 Å². The molecule has 0 unspecified atom stereocenters. The van der Waals surface area contributed by atoms with Gasteiger partial charge in [-0.25, -0.2) is 0 Å². The van der Waals surface area contributed by atoms with Crippen molar-refractivity contribution in [3.05, 3.63) is 53.6 Å². The number of para-hydroxylation sites is 1. The van der Waals surface area contributed by atoms with Crippen molar-refractivity contribution in [3.8, 4) is 17.2 Å². The molecule has 0 bridgehead atoms. The highest BCUT2D eigenvalue weighted by molar-refractivity contribution is 6.01. The Hall–Kier alpha value is -3.22. The zero-order valence-electron chi connectivity index (χ0n) is 16.6. The Morgan fingerprint density at radius 2 is 1.61 bits per heavy atom. The molecule has 0 heterocycles. The minimum absolute atomic E-state index is 0.246. The first-order chi connectivity index (χ1) is 13.5. The van der Waals surface area contributed by atoms with Gasteiger partial charge >= 0.3 is 0 Å². The second-order valence-corrected chi connectivity index (χ2v) is 6.50. The Labute approximate surface area is 165 Å². The highest BCUT2D eigenvalue weighted by Gasteiger charge is 2.17. The molecule has 0 saturated heterocycles. The maximum atomic E-state index is 12.4. The van der Waals surface area contributed by atoms with Crippen LogP contribution in [0.4, 0.5) is 0 Å².